The van der Waals surface area contributed by atoms with Gasteiger partial charge in [-0.15, -0.1) is 0 Å². The number of rotatable bonds is 7. The van der Waals surface area contributed by atoms with Crippen LogP contribution in [0.5, 0.6) is 0 Å². The van der Waals surface area contributed by atoms with Crippen molar-refractivity contribution in [1.29, 1.82) is 0 Å². The molecule has 0 aliphatic carbocycles. The number of halogens is 1. The molecule has 1 aromatic heterocycles. The molecule has 0 spiro atoms. The van der Waals surface area contributed by atoms with E-state index in [0.29, 0.717) is 29.5 Å². The molecule has 0 aliphatic rings. The van der Waals surface area contributed by atoms with Crippen molar-refractivity contribution >= 4 is 17.5 Å². The van der Waals surface area contributed by atoms with Crippen molar-refractivity contribution in [2.24, 2.45) is 0 Å². The lowest BCUT2D eigenvalue weighted by atomic mass is 9.88. The van der Waals surface area contributed by atoms with E-state index in [1.165, 1.54) is 6.07 Å². The number of carbonyl (C=O) groups is 1. The van der Waals surface area contributed by atoms with Gasteiger partial charge in [0.2, 0.25) is 5.91 Å². The third-order valence-electron chi connectivity index (χ3n) is 4.49. The SMILES string of the molecule is Cc1nc(CCNC(=O)C[C@H](c2ccccc2)c2ccccc2Cl)cc(=O)[nH]1. The number of carbonyl (C=O) groups excluding carboxylic acids is 1. The van der Waals surface area contributed by atoms with Gasteiger partial charge in [0.15, 0.2) is 0 Å². The predicted molar refractivity (Wildman–Crippen MR) is 111 cm³/mol. The fourth-order valence-electron chi connectivity index (χ4n) is 3.21. The van der Waals surface area contributed by atoms with Crippen molar-refractivity contribution in [3.05, 3.63) is 98.7 Å². The molecule has 0 radical (unpaired) electrons. The third kappa shape index (κ3) is 5.30. The number of hydrogen-bond acceptors (Lipinski definition) is 3. The number of amides is 1. The second-order valence-electron chi connectivity index (χ2n) is 6.61. The zero-order chi connectivity index (χ0) is 19.9. The standard InChI is InChI=1S/C22H22ClN3O2/c1-15-25-17(13-22(28)26-15)11-12-24-21(27)14-19(16-7-3-2-4-8-16)18-9-5-6-10-20(18)23/h2-10,13,19H,11-12,14H2,1H3,(H,24,27)(H,25,26,28)/t19-/m1/s1. The van der Waals surface area contributed by atoms with Crippen LogP contribution < -0.4 is 10.9 Å². The number of hydrogen-bond donors (Lipinski definition) is 2. The number of aromatic amines is 1. The topological polar surface area (TPSA) is 74.8 Å². The minimum atomic E-state index is -0.184. The maximum Gasteiger partial charge on any atom is 0.251 e. The van der Waals surface area contributed by atoms with Gasteiger partial charge in [-0.25, -0.2) is 4.98 Å². The Labute approximate surface area is 168 Å². The lowest BCUT2D eigenvalue weighted by molar-refractivity contribution is -0.121. The average molecular weight is 396 g/mol. The Bertz CT molecular complexity index is 1000. The van der Waals surface area contributed by atoms with Crippen molar-refractivity contribution in [2.45, 2.75) is 25.7 Å². The maximum absolute atomic E-state index is 12.6. The van der Waals surface area contributed by atoms with Gasteiger partial charge >= 0.3 is 0 Å². The van der Waals surface area contributed by atoms with E-state index in [2.05, 4.69) is 15.3 Å². The van der Waals surface area contributed by atoms with Gasteiger partial charge in [0, 0.05) is 42.1 Å². The largest absolute Gasteiger partial charge is 0.356 e. The third-order valence-corrected chi connectivity index (χ3v) is 4.83. The van der Waals surface area contributed by atoms with Crippen LogP contribution in [0.25, 0.3) is 0 Å². The molecule has 0 aliphatic heterocycles. The molecule has 3 rings (SSSR count). The van der Waals surface area contributed by atoms with E-state index in [-0.39, 0.29) is 23.8 Å². The van der Waals surface area contributed by atoms with Gasteiger partial charge in [-0.3, -0.25) is 9.59 Å². The van der Waals surface area contributed by atoms with E-state index >= 15 is 0 Å². The van der Waals surface area contributed by atoms with Crippen molar-refractivity contribution in [1.82, 2.24) is 15.3 Å². The van der Waals surface area contributed by atoms with Crippen LogP contribution in [0.15, 0.2) is 65.5 Å². The Morgan fingerprint density at radius 1 is 1.14 bits per heavy atom. The van der Waals surface area contributed by atoms with Gasteiger partial charge in [-0.2, -0.15) is 0 Å². The Hall–Kier alpha value is -2.92. The Kier molecular flexibility index (Phi) is 6.61. The number of aromatic nitrogens is 2. The Morgan fingerprint density at radius 3 is 2.57 bits per heavy atom. The van der Waals surface area contributed by atoms with Crippen LogP contribution in [-0.2, 0) is 11.2 Å². The molecule has 6 heteroatoms. The number of aryl methyl sites for hydroxylation is 1. The lowest BCUT2D eigenvalue weighted by Crippen LogP contribution is -2.28. The van der Waals surface area contributed by atoms with Gasteiger partial charge in [0.05, 0.1) is 0 Å². The van der Waals surface area contributed by atoms with E-state index in [1.807, 2.05) is 54.6 Å². The van der Waals surface area contributed by atoms with Crippen molar-refractivity contribution in [3.63, 3.8) is 0 Å². The smallest absolute Gasteiger partial charge is 0.251 e. The summed E-state index contributed by atoms with van der Waals surface area (Å²) in [7, 11) is 0. The summed E-state index contributed by atoms with van der Waals surface area (Å²) >= 11 is 6.39. The summed E-state index contributed by atoms with van der Waals surface area (Å²) in [5, 5.41) is 3.57. The predicted octanol–water partition coefficient (Wildman–Crippen LogP) is 3.61. The molecule has 1 atom stereocenters. The maximum atomic E-state index is 12.6. The van der Waals surface area contributed by atoms with Gasteiger partial charge in [-0.1, -0.05) is 60.1 Å². The minimum absolute atomic E-state index is 0.0738. The van der Waals surface area contributed by atoms with Crippen LogP contribution in [0.3, 0.4) is 0 Å². The highest BCUT2D eigenvalue weighted by Crippen LogP contribution is 2.32. The minimum Gasteiger partial charge on any atom is -0.356 e. The summed E-state index contributed by atoms with van der Waals surface area (Å²) < 4.78 is 0. The van der Waals surface area contributed by atoms with Gasteiger partial charge < -0.3 is 10.3 Å². The van der Waals surface area contributed by atoms with Crippen molar-refractivity contribution < 1.29 is 4.79 Å². The summed E-state index contributed by atoms with van der Waals surface area (Å²) in [6, 6.07) is 18.9. The van der Waals surface area contributed by atoms with Crippen molar-refractivity contribution in [2.75, 3.05) is 6.54 Å². The highest BCUT2D eigenvalue weighted by atomic mass is 35.5. The van der Waals surface area contributed by atoms with Crippen LogP contribution in [-0.4, -0.2) is 22.4 Å². The van der Waals surface area contributed by atoms with Crippen LogP contribution in [0.4, 0.5) is 0 Å². The molecule has 2 aromatic carbocycles. The molecule has 144 valence electrons. The van der Waals surface area contributed by atoms with E-state index < -0.39 is 0 Å². The summed E-state index contributed by atoms with van der Waals surface area (Å²) in [6.07, 6.45) is 0.786. The fraction of sp³-hybridized carbons (Fsp3) is 0.227. The van der Waals surface area contributed by atoms with E-state index in [0.717, 1.165) is 11.1 Å². The van der Waals surface area contributed by atoms with Gasteiger partial charge in [-0.05, 0) is 24.1 Å². The Balaban J connectivity index is 1.68. The lowest BCUT2D eigenvalue weighted by Gasteiger charge is -2.19. The number of benzene rings is 2. The number of nitrogens with zero attached hydrogens (tertiary/aromatic N) is 1. The second-order valence-corrected chi connectivity index (χ2v) is 7.02. The first-order valence-corrected chi connectivity index (χ1v) is 9.53. The first kappa shape index (κ1) is 19.8. The molecule has 0 saturated heterocycles. The fourth-order valence-corrected chi connectivity index (χ4v) is 3.47. The normalized spacial score (nSPS) is 11.8. The van der Waals surface area contributed by atoms with Gasteiger partial charge in [0.25, 0.3) is 5.56 Å². The molecule has 3 aromatic rings. The van der Waals surface area contributed by atoms with E-state index in [1.54, 1.807) is 6.92 Å². The molecule has 0 unspecified atom stereocenters. The summed E-state index contributed by atoms with van der Waals surface area (Å²) in [6.45, 7) is 2.15. The highest BCUT2D eigenvalue weighted by Gasteiger charge is 2.20. The first-order valence-electron chi connectivity index (χ1n) is 9.16. The van der Waals surface area contributed by atoms with Gasteiger partial charge in [0.1, 0.15) is 5.82 Å². The molecule has 5 nitrogen and oxygen atoms in total. The molecule has 1 heterocycles. The quantitative estimate of drug-likeness (QED) is 0.641. The second kappa shape index (κ2) is 9.33. The molecule has 0 bridgehead atoms. The van der Waals surface area contributed by atoms with Crippen LogP contribution >= 0.6 is 11.6 Å². The molecule has 0 saturated carbocycles. The zero-order valence-corrected chi connectivity index (χ0v) is 16.4. The molecule has 2 N–H and O–H groups in total. The average Bonchev–Trinajstić information content (AvgIpc) is 2.67. The van der Waals surface area contributed by atoms with Crippen LogP contribution in [0, 0.1) is 6.92 Å². The Morgan fingerprint density at radius 2 is 1.86 bits per heavy atom. The summed E-state index contributed by atoms with van der Waals surface area (Å²) in [4.78, 5) is 31.0. The van der Waals surface area contributed by atoms with Crippen LogP contribution in [0.2, 0.25) is 5.02 Å². The van der Waals surface area contributed by atoms with Crippen molar-refractivity contribution in [3.8, 4) is 0 Å². The highest BCUT2D eigenvalue weighted by molar-refractivity contribution is 6.31. The summed E-state index contributed by atoms with van der Waals surface area (Å²) in [5.74, 6) is 0.363. The first-order chi connectivity index (χ1) is 13.5. The van der Waals surface area contributed by atoms with E-state index in [4.69, 9.17) is 11.6 Å². The number of H-pyrrole nitrogens is 1. The molecule has 28 heavy (non-hydrogen) atoms. The molecular weight excluding hydrogens is 374 g/mol. The van der Waals surface area contributed by atoms with Crippen LogP contribution in [0.1, 0.15) is 35.0 Å². The molecular formula is C22H22ClN3O2. The summed E-state index contributed by atoms with van der Waals surface area (Å²) in [5.41, 5.74) is 2.44. The monoisotopic (exact) mass is 395 g/mol. The molecule has 0 fully saturated rings. The number of nitrogens with one attached hydrogen (secondary N) is 2. The van der Waals surface area contributed by atoms with E-state index in [9.17, 15) is 9.59 Å². The zero-order valence-electron chi connectivity index (χ0n) is 15.6. The molecule has 1 amide bonds.